The van der Waals surface area contributed by atoms with Crippen molar-refractivity contribution in [3.05, 3.63) is 59.4 Å². The van der Waals surface area contributed by atoms with Crippen LogP contribution in [0.1, 0.15) is 25.0 Å². The van der Waals surface area contributed by atoms with E-state index in [-0.39, 0.29) is 18.3 Å². The first-order chi connectivity index (χ1) is 11.5. The lowest BCUT2D eigenvalue weighted by atomic mass is 10.1. The van der Waals surface area contributed by atoms with Crippen molar-refractivity contribution in [1.82, 2.24) is 0 Å². The van der Waals surface area contributed by atoms with Crippen LogP contribution in [0.2, 0.25) is 0 Å². The average Bonchev–Trinajstić information content (AvgIpc) is 2.55. The van der Waals surface area contributed by atoms with Crippen LogP contribution in [0.3, 0.4) is 0 Å². The second-order valence-corrected chi connectivity index (χ2v) is 5.18. The summed E-state index contributed by atoms with van der Waals surface area (Å²) in [6, 6.07) is 11.9. The van der Waals surface area contributed by atoms with Gasteiger partial charge in [0.2, 0.25) is 5.91 Å². The molecule has 0 aliphatic carbocycles. The summed E-state index contributed by atoms with van der Waals surface area (Å²) in [6.07, 6.45) is 0. The zero-order valence-electron chi connectivity index (χ0n) is 13.8. The van der Waals surface area contributed by atoms with Gasteiger partial charge in [-0.2, -0.15) is 0 Å². The molecule has 0 heterocycles. The van der Waals surface area contributed by atoms with Crippen LogP contribution < -0.4 is 10.1 Å². The summed E-state index contributed by atoms with van der Waals surface area (Å²) < 4.78 is 18.4. The molecule has 0 fully saturated rings. The van der Waals surface area contributed by atoms with Crippen molar-refractivity contribution >= 4 is 17.3 Å². The Kier molecular flexibility index (Phi) is 5.89. The van der Waals surface area contributed by atoms with E-state index in [2.05, 4.69) is 10.5 Å². The Morgan fingerprint density at radius 1 is 1.17 bits per heavy atom. The number of amides is 1. The number of benzene rings is 2. The third kappa shape index (κ3) is 4.81. The van der Waals surface area contributed by atoms with Crippen molar-refractivity contribution in [2.75, 3.05) is 12.4 Å². The first kappa shape index (κ1) is 17.5. The van der Waals surface area contributed by atoms with E-state index in [1.807, 2.05) is 19.1 Å². The van der Waals surface area contributed by atoms with E-state index in [1.165, 1.54) is 20.1 Å². The average molecular weight is 330 g/mol. The number of carbonyl (C=O) groups is 1. The molecular weight excluding hydrogens is 311 g/mol. The minimum absolute atomic E-state index is 0.122. The van der Waals surface area contributed by atoms with Crippen LogP contribution in [0, 0.1) is 5.82 Å². The number of nitrogens with zero attached hydrogens (tertiary/aromatic N) is 1. The predicted octanol–water partition coefficient (Wildman–Crippen LogP) is 3.73. The first-order valence-electron chi connectivity index (χ1n) is 7.36. The molecule has 0 radical (unpaired) electrons. The smallest absolute Gasteiger partial charge is 0.221 e. The summed E-state index contributed by atoms with van der Waals surface area (Å²) in [6.45, 7) is 3.42. The van der Waals surface area contributed by atoms with Gasteiger partial charge in [-0.15, -0.1) is 0 Å². The summed E-state index contributed by atoms with van der Waals surface area (Å²) >= 11 is 0. The van der Waals surface area contributed by atoms with Crippen LogP contribution in [0.5, 0.6) is 5.75 Å². The van der Waals surface area contributed by atoms with Gasteiger partial charge < -0.3 is 14.9 Å². The number of anilines is 1. The molecule has 0 saturated carbocycles. The van der Waals surface area contributed by atoms with Gasteiger partial charge in [0, 0.05) is 12.6 Å². The number of nitrogens with one attached hydrogen (secondary N) is 1. The highest BCUT2D eigenvalue weighted by molar-refractivity contribution is 5.99. The second kappa shape index (κ2) is 8.10. The minimum atomic E-state index is -0.437. The molecule has 0 bridgehead atoms. The van der Waals surface area contributed by atoms with Gasteiger partial charge in [0.05, 0.1) is 12.8 Å². The number of oxime groups is 1. The van der Waals surface area contributed by atoms with E-state index < -0.39 is 5.82 Å². The van der Waals surface area contributed by atoms with Crippen molar-refractivity contribution in [1.29, 1.82) is 0 Å². The lowest BCUT2D eigenvalue weighted by Gasteiger charge is -2.06. The van der Waals surface area contributed by atoms with Crippen LogP contribution in [-0.4, -0.2) is 18.7 Å². The molecule has 0 unspecified atom stereocenters. The molecule has 1 N–H and O–H groups in total. The number of carbonyl (C=O) groups excluding carboxylic acids is 1. The molecule has 24 heavy (non-hydrogen) atoms. The summed E-state index contributed by atoms with van der Waals surface area (Å²) in [4.78, 5) is 16.3. The van der Waals surface area contributed by atoms with Crippen molar-refractivity contribution in [3.8, 4) is 5.75 Å². The SMILES string of the molecule is COc1ccc(CO/N=C(/C)c2ccc(NC(C)=O)cc2)cc1F. The first-order valence-corrected chi connectivity index (χ1v) is 7.36. The molecule has 1 amide bonds. The zero-order chi connectivity index (χ0) is 17.5. The molecule has 2 aromatic rings. The van der Waals surface area contributed by atoms with Crippen LogP contribution >= 0.6 is 0 Å². The Hall–Kier alpha value is -2.89. The number of ether oxygens (including phenoxy) is 1. The van der Waals surface area contributed by atoms with E-state index in [0.29, 0.717) is 17.0 Å². The largest absolute Gasteiger partial charge is 0.494 e. The molecule has 0 aliphatic rings. The third-order valence-corrected chi connectivity index (χ3v) is 3.27. The number of halogens is 1. The summed E-state index contributed by atoms with van der Waals surface area (Å²) in [5, 5.41) is 6.72. The highest BCUT2D eigenvalue weighted by Crippen LogP contribution is 2.18. The minimum Gasteiger partial charge on any atom is -0.494 e. The van der Waals surface area contributed by atoms with Gasteiger partial charge in [-0.25, -0.2) is 4.39 Å². The van der Waals surface area contributed by atoms with Crippen LogP contribution in [0.15, 0.2) is 47.6 Å². The molecule has 5 nitrogen and oxygen atoms in total. The standard InChI is InChI=1S/C18H19FN2O3/c1-12(15-5-7-16(8-6-15)20-13(2)22)21-24-11-14-4-9-18(23-3)17(19)10-14/h4-10H,11H2,1-3H3,(H,20,22)/b21-12-. The van der Waals surface area contributed by atoms with Gasteiger partial charge >= 0.3 is 0 Å². The van der Waals surface area contributed by atoms with Crippen LogP contribution in [-0.2, 0) is 16.2 Å². The van der Waals surface area contributed by atoms with E-state index in [9.17, 15) is 9.18 Å². The van der Waals surface area contributed by atoms with Crippen LogP contribution in [0.25, 0.3) is 0 Å². The zero-order valence-corrected chi connectivity index (χ0v) is 13.8. The molecule has 2 aromatic carbocycles. The van der Waals surface area contributed by atoms with Gasteiger partial charge in [0.25, 0.3) is 0 Å². The Balaban J connectivity index is 1.96. The Labute approximate surface area is 140 Å². The maximum absolute atomic E-state index is 13.6. The van der Waals surface area contributed by atoms with Crippen LogP contribution in [0.4, 0.5) is 10.1 Å². The Morgan fingerprint density at radius 3 is 2.46 bits per heavy atom. The van der Waals surface area contributed by atoms with Crippen molar-refractivity contribution in [2.45, 2.75) is 20.5 Å². The maximum atomic E-state index is 13.6. The molecule has 0 spiro atoms. The second-order valence-electron chi connectivity index (χ2n) is 5.18. The van der Waals surface area contributed by atoms with Gasteiger partial charge in [-0.3, -0.25) is 4.79 Å². The van der Waals surface area contributed by atoms with E-state index in [1.54, 1.807) is 24.3 Å². The van der Waals surface area contributed by atoms with Gasteiger partial charge in [-0.1, -0.05) is 23.4 Å². The van der Waals surface area contributed by atoms with E-state index >= 15 is 0 Å². The number of hydrogen-bond acceptors (Lipinski definition) is 4. The fourth-order valence-corrected chi connectivity index (χ4v) is 2.05. The summed E-state index contributed by atoms with van der Waals surface area (Å²) in [7, 11) is 1.42. The highest BCUT2D eigenvalue weighted by Gasteiger charge is 2.04. The summed E-state index contributed by atoms with van der Waals surface area (Å²) in [5.74, 6) is -0.367. The lowest BCUT2D eigenvalue weighted by molar-refractivity contribution is -0.114. The third-order valence-electron chi connectivity index (χ3n) is 3.27. The normalized spacial score (nSPS) is 11.1. The van der Waals surface area contributed by atoms with Crippen molar-refractivity contribution in [2.24, 2.45) is 5.16 Å². The number of hydrogen-bond donors (Lipinski definition) is 1. The van der Waals surface area contributed by atoms with E-state index in [4.69, 9.17) is 9.57 Å². The highest BCUT2D eigenvalue weighted by atomic mass is 19.1. The molecule has 0 saturated heterocycles. The predicted molar refractivity (Wildman–Crippen MR) is 90.7 cm³/mol. The molecule has 0 aliphatic heterocycles. The molecular formula is C18H19FN2O3. The number of rotatable bonds is 6. The number of methoxy groups -OCH3 is 1. The fraction of sp³-hybridized carbons (Fsp3) is 0.222. The molecule has 2 rings (SSSR count). The molecule has 126 valence electrons. The van der Waals surface area contributed by atoms with Gasteiger partial charge in [0.1, 0.15) is 6.61 Å². The Bertz CT molecular complexity index is 742. The van der Waals surface area contributed by atoms with Gasteiger partial charge in [0.15, 0.2) is 11.6 Å². The topological polar surface area (TPSA) is 59.9 Å². The quantitative estimate of drug-likeness (QED) is 0.648. The Morgan fingerprint density at radius 2 is 1.88 bits per heavy atom. The molecule has 6 heteroatoms. The van der Waals surface area contributed by atoms with Crippen molar-refractivity contribution in [3.63, 3.8) is 0 Å². The summed E-state index contributed by atoms with van der Waals surface area (Å²) in [5.41, 5.74) is 2.92. The van der Waals surface area contributed by atoms with Gasteiger partial charge in [-0.05, 0) is 42.3 Å². The van der Waals surface area contributed by atoms with Crippen molar-refractivity contribution < 1.29 is 18.8 Å². The molecule has 0 atom stereocenters. The monoisotopic (exact) mass is 330 g/mol. The fourth-order valence-electron chi connectivity index (χ4n) is 2.05. The maximum Gasteiger partial charge on any atom is 0.221 e. The molecule has 0 aromatic heterocycles. The van der Waals surface area contributed by atoms with E-state index in [0.717, 1.165) is 5.56 Å². The lowest BCUT2D eigenvalue weighted by Crippen LogP contribution is -2.06.